The quantitative estimate of drug-likeness (QED) is 0.624. The maximum Gasteiger partial charge on any atom is 0.318 e. The van der Waals surface area contributed by atoms with E-state index >= 15 is 0 Å². The fraction of sp³-hybridized carbons (Fsp3) is 0.111. The number of nitrogens with one attached hydrogen (secondary N) is 1. The molecule has 1 aromatic carbocycles. The molecule has 1 rings (SSSR count). The van der Waals surface area contributed by atoms with E-state index in [1.165, 1.54) is 6.07 Å². The summed E-state index contributed by atoms with van der Waals surface area (Å²) in [6.07, 6.45) is -0.0738. The molecule has 0 radical (unpaired) electrons. The Balaban J connectivity index is 2.65. The van der Waals surface area contributed by atoms with Gasteiger partial charge < -0.3 is 10.8 Å². The molecule has 0 bridgehead atoms. The Labute approximate surface area is 80.5 Å². The molecule has 0 saturated heterocycles. The Morgan fingerprint density at radius 3 is 2.57 bits per heavy atom. The van der Waals surface area contributed by atoms with Crippen LogP contribution < -0.4 is 11.1 Å². The predicted molar refractivity (Wildman–Crippen MR) is 49.5 cm³/mol. The van der Waals surface area contributed by atoms with Crippen LogP contribution in [0.2, 0.25) is 0 Å². The number of imide groups is 1. The van der Waals surface area contributed by atoms with Crippen molar-refractivity contribution >= 4 is 11.9 Å². The summed E-state index contributed by atoms with van der Waals surface area (Å²) >= 11 is 0. The molecule has 0 atom stereocenters. The van der Waals surface area contributed by atoms with Crippen LogP contribution in [0.5, 0.6) is 5.75 Å². The van der Waals surface area contributed by atoms with Crippen molar-refractivity contribution in [2.75, 3.05) is 0 Å². The molecule has 74 valence electrons. The molecule has 0 aliphatic rings. The van der Waals surface area contributed by atoms with Gasteiger partial charge in [0, 0.05) is 5.56 Å². The highest BCUT2D eigenvalue weighted by atomic mass is 16.3. The second-order valence-electron chi connectivity index (χ2n) is 2.72. The number of para-hydroxylation sites is 1. The lowest BCUT2D eigenvalue weighted by molar-refractivity contribution is -0.119. The number of primary amides is 1. The molecule has 1 aromatic rings. The lowest BCUT2D eigenvalue weighted by atomic mass is 10.1. The zero-order valence-corrected chi connectivity index (χ0v) is 7.36. The van der Waals surface area contributed by atoms with Crippen LogP contribution in [-0.4, -0.2) is 17.0 Å². The summed E-state index contributed by atoms with van der Waals surface area (Å²) in [6.45, 7) is 0. The van der Waals surface area contributed by atoms with Crippen LogP contribution in [0.25, 0.3) is 0 Å². The Morgan fingerprint density at radius 2 is 2.00 bits per heavy atom. The Kier molecular flexibility index (Phi) is 3.06. The molecule has 0 aliphatic heterocycles. The smallest absolute Gasteiger partial charge is 0.318 e. The molecule has 5 heteroatoms. The third-order valence-corrected chi connectivity index (χ3v) is 1.61. The number of aromatic hydroxyl groups is 1. The number of benzene rings is 1. The van der Waals surface area contributed by atoms with E-state index in [1.807, 2.05) is 5.32 Å². The van der Waals surface area contributed by atoms with E-state index < -0.39 is 11.9 Å². The molecule has 14 heavy (non-hydrogen) atoms. The monoisotopic (exact) mass is 194 g/mol. The highest BCUT2D eigenvalue weighted by molar-refractivity contribution is 5.94. The average molecular weight is 194 g/mol. The van der Waals surface area contributed by atoms with Crippen molar-refractivity contribution in [1.29, 1.82) is 0 Å². The van der Waals surface area contributed by atoms with Crippen LogP contribution in [0, 0.1) is 0 Å². The maximum absolute atomic E-state index is 11.1. The molecular formula is C9H10N2O3. The third-order valence-electron chi connectivity index (χ3n) is 1.61. The third kappa shape index (κ3) is 2.78. The van der Waals surface area contributed by atoms with Crippen molar-refractivity contribution in [2.45, 2.75) is 6.42 Å². The number of urea groups is 1. The van der Waals surface area contributed by atoms with Crippen molar-refractivity contribution in [2.24, 2.45) is 5.73 Å². The van der Waals surface area contributed by atoms with Gasteiger partial charge in [-0.05, 0) is 6.07 Å². The first-order chi connectivity index (χ1) is 6.59. The summed E-state index contributed by atoms with van der Waals surface area (Å²) in [5.74, 6) is -0.522. The van der Waals surface area contributed by atoms with Gasteiger partial charge in [0.1, 0.15) is 5.75 Å². The predicted octanol–water partition coefficient (Wildman–Crippen LogP) is 0.130. The zero-order valence-electron chi connectivity index (χ0n) is 7.36. The van der Waals surface area contributed by atoms with E-state index in [0.717, 1.165) is 0 Å². The number of rotatable bonds is 2. The van der Waals surface area contributed by atoms with Gasteiger partial charge in [0.15, 0.2) is 0 Å². The molecule has 5 nitrogen and oxygen atoms in total. The fourth-order valence-electron chi connectivity index (χ4n) is 1.01. The topological polar surface area (TPSA) is 92.4 Å². The molecule has 0 unspecified atom stereocenters. The van der Waals surface area contributed by atoms with Gasteiger partial charge in [0.25, 0.3) is 0 Å². The maximum atomic E-state index is 11.1. The van der Waals surface area contributed by atoms with Gasteiger partial charge in [-0.25, -0.2) is 4.79 Å². The van der Waals surface area contributed by atoms with Crippen molar-refractivity contribution in [3.05, 3.63) is 29.8 Å². The number of amides is 3. The summed E-state index contributed by atoms with van der Waals surface area (Å²) in [7, 11) is 0. The first kappa shape index (κ1) is 10.0. The fourth-order valence-corrected chi connectivity index (χ4v) is 1.01. The van der Waals surface area contributed by atoms with E-state index in [1.54, 1.807) is 18.2 Å². The zero-order chi connectivity index (χ0) is 10.6. The molecule has 0 fully saturated rings. The van der Waals surface area contributed by atoms with E-state index in [9.17, 15) is 14.7 Å². The van der Waals surface area contributed by atoms with Gasteiger partial charge in [-0.1, -0.05) is 18.2 Å². The van der Waals surface area contributed by atoms with Crippen molar-refractivity contribution < 1.29 is 14.7 Å². The minimum atomic E-state index is -0.898. The Bertz CT molecular complexity index is 363. The van der Waals surface area contributed by atoms with Crippen LogP contribution in [0.4, 0.5) is 4.79 Å². The van der Waals surface area contributed by atoms with Crippen LogP contribution >= 0.6 is 0 Å². The second kappa shape index (κ2) is 4.27. The van der Waals surface area contributed by atoms with Crippen molar-refractivity contribution in [3.8, 4) is 5.75 Å². The first-order valence-electron chi connectivity index (χ1n) is 3.95. The van der Waals surface area contributed by atoms with Gasteiger partial charge >= 0.3 is 6.03 Å². The largest absolute Gasteiger partial charge is 0.508 e. The number of hydrogen-bond donors (Lipinski definition) is 3. The minimum absolute atomic E-state index is 0.0205. The Morgan fingerprint density at radius 1 is 1.36 bits per heavy atom. The number of carbonyl (C=O) groups excluding carboxylic acids is 2. The van der Waals surface area contributed by atoms with Crippen LogP contribution in [0.1, 0.15) is 5.56 Å². The van der Waals surface area contributed by atoms with Gasteiger partial charge in [-0.2, -0.15) is 0 Å². The molecule has 0 aromatic heterocycles. The summed E-state index contributed by atoms with van der Waals surface area (Å²) in [4.78, 5) is 21.4. The number of phenols is 1. The van der Waals surface area contributed by atoms with Crippen molar-refractivity contribution in [1.82, 2.24) is 5.32 Å². The van der Waals surface area contributed by atoms with Crippen molar-refractivity contribution in [3.63, 3.8) is 0 Å². The minimum Gasteiger partial charge on any atom is -0.508 e. The number of hydrogen-bond acceptors (Lipinski definition) is 3. The average Bonchev–Trinajstić information content (AvgIpc) is 2.07. The second-order valence-corrected chi connectivity index (χ2v) is 2.72. The SMILES string of the molecule is NC(=O)NC(=O)Cc1ccccc1O. The highest BCUT2D eigenvalue weighted by Crippen LogP contribution is 2.15. The normalized spacial score (nSPS) is 9.43. The lowest BCUT2D eigenvalue weighted by Crippen LogP contribution is -2.35. The number of nitrogens with two attached hydrogens (primary N) is 1. The molecule has 0 spiro atoms. The van der Waals surface area contributed by atoms with E-state index in [-0.39, 0.29) is 12.2 Å². The highest BCUT2D eigenvalue weighted by Gasteiger charge is 2.07. The summed E-state index contributed by atoms with van der Waals surface area (Å²) in [5, 5.41) is 11.2. The van der Waals surface area contributed by atoms with E-state index in [2.05, 4.69) is 0 Å². The summed E-state index contributed by atoms with van der Waals surface area (Å²) in [5.41, 5.74) is 5.20. The van der Waals surface area contributed by atoms with E-state index in [0.29, 0.717) is 5.56 Å². The molecular weight excluding hydrogens is 184 g/mol. The summed E-state index contributed by atoms with van der Waals surface area (Å²) < 4.78 is 0. The van der Waals surface area contributed by atoms with Gasteiger partial charge in [-0.3, -0.25) is 10.1 Å². The van der Waals surface area contributed by atoms with Gasteiger partial charge in [-0.15, -0.1) is 0 Å². The first-order valence-corrected chi connectivity index (χ1v) is 3.95. The molecule has 0 aliphatic carbocycles. The van der Waals surface area contributed by atoms with Crippen LogP contribution in [0.3, 0.4) is 0 Å². The van der Waals surface area contributed by atoms with Crippen LogP contribution in [0.15, 0.2) is 24.3 Å². The molecule has 3 amide bonds. The lowest BCUT2D eigenvalue weighted by Gasteiger charge is -2.02. The Hall–Kier alpha value is -2.04. The molecule has 4 N–H and O–H groups in total. The van der Waals surface area contributed by atoms with Crippen LogP contribution in [-0.2, 0) is 11.2 Å². The van der Waals surface area contributed by atoms with Gasteiger partial charge in [0.2, 0.25) is 5.91 Å². The van der Waals surface area contributed by atoms with Gasteiger partial charge in [0.05, 0.1) is 6.42 Å². The number of phenolic OH excluding ortho intramolecular Hbond substituents is 1. The summed E-state index contributed by atoms with van der Waals surface area (Å²) in [6, 6.07) is 5.49. The van der Waals surface area contributed by atoms with E-state index in [4.69, 9.17) is 5.73 Å². The molecule has 0 saturated carbocycles. The standard InChI is InChI=1S/C9H10N2O3/c10-9(14)11-8(13)5-6-3-1-2-4-7(6)12/h1-4,12H,5H2,(H3,10,11,13,14). The molecule has 0 heterocycles. The number of carbonyl (C=O) groups is 2.